The summed E-state index contributed by atoms with van der Waals surface area (Å²) in [5, 5.41) is 4.14. The molecule has 7 heteroatoms. The molecule has 0 bridgehead atoms. The Morgan fingerprint density at radius 1 is 1.10 bits per heavy atom. The van der Waals surface area contributed by atoms with Crippen LogP contribution in [0.4, 0.5) is 10.8 Å². The number of carbonyl (C=O) groups excluding carboxylic acids is 2. The van der Waals surface area contributed by atoms with Crippen molar-refractivity contribution in [2.45, 2.75) is 40.0 Å². The van der Waals surface area contributed by atoms with Gasteiger partial charge in [0.25, 0.3) is 0 Å². The van der Waals surface area contributed by atoms with Gasteiger partial charge in [-0.15, -0.1) is 11.3 Å². The maximum Gasteiger partial charge on any atom is 0.227 e. The standard InChI is InChI=1S/C22H28N4O2S/c1-14-10-15(2)12-18(11-14)23-21(28)17-4-5-19-20(13-17)29-22(24-19)26-8-6-25(7-9-26)16(3)27/h10-12,17H,4-9,13H2,1-3H3,(H,23,28). The molecule has 1 atom stereocenters. The van der Waals surface area contributed by atoms with E-state index in [9.17, 15) is 9.59 Å². The van der Waals surface area contributed by atoms with E-state index in [1.807, 2.05) is 30.9 Å². The van der Waals surface area contributed by atoms with Gasteiger partial charge in [-0.2, -0.15) is 0 Å². The van der Waals surface area contributed by atoms with Gasteiger partial charge < -0.3 is 15.1 Å². The fourth-order valence-corrected chi connectivity index (χ4v) is 5.46. The van der Waals surface area contributed by atoms with Crippen molar-refractivity contribution in [3.05, 3.63) is 39.9 Å². The highest BCUT2D eigenvalue weighted by atomic mass is 32.1. The van der Waals surface area contributed by atoms with Gasteiger partial charge in [0.15, 0.2) is 5.13 Å². The molecule has 6 nitrogen and oxygen atoms in total. The molecule has 29 heavy (non-hydrogen) atoms. The average Bonchev–Trinajstić information content (AvgIpc) is 3.10. The van der Waals surface area contributed by atoms with Gasteiger partial charge in [-0.1, -0.05) is 6.07 Å². The number of nitrogens with one attached hydrogen (secondary N) is 1. The third kappa shape index (κ3) is 4.45. The van der Waals surface area contributed by atoms with E-state index >= 15 is 0 Å². The monoisotopic (exact) mass is 412 g/mol. The number of hydrogen-bond acceptors (Lipinski definition) is 5. The van der Waals surface area contributed by atoms with E-state index in [1.165, 1.54) is 4.88 Å². The normalized spacial score (nSPS) is 19.1. The Hall–Kier alpha value is -2.41. The molecule has 1 unspecified atom stereocenters. The number of anilines is 2. The number of amides is 2. The number of aromatic nitrogens is 1. The van der Waals surface area contributed by atoms with Crippen LogP contribution in [-0.4, -0.2) is 47.9 Å². The second kappa shape index (κ2) is 8.14. The van der Waals surface area contributed by atoms with Gasteiger partial charge in [0.1, 0.15) is 0 Å². The smallest absolute Gasteiger partial charge is 0.227 e. The largest absolute Gasteiger partial charge is 0.345 e. The third-order valence-electron chi connectivity index (χ3n) is 5.78. The average molecular weight is 413 g/mol. The first-order chi connectivity index (χ1) is 13.9. The second-order valence-corrected chi connectivity index (χ2v) is 9.23. The number of benzene rings is 1. The molecular weight excluding hydrogens is 384 g/mol. The van der Waals surface area contributed by atoms with Gasteiger partial charge in [-0.05, 0) is 56.4 Å². The molecule has 154 valence electrons. The zero-order valence-electron chi connectivity index (χ0n) is 17.3. The molecule has 1 saturated heterocycles. The lowest BCUT2D eigenvalue weighted by molar-refractivity contribution is -0.129. The molecule has 2 amide bonds. The van der Waals surface area contributed by atoms with Crippen LogP contribution in [-0.2, 0) is 22.4 Å². The summed E-state index contributed by atoms with van der Waals surface area (Å²) in [6, 6.07) is 6.15. The molecule has 2 heterocycles. The van der Waals surface area contributed by atoms with Crippen molar-refractivity contribution < 1.29 is 9.59 Å². The second-order valence-electron chi connectivity index (χ2n) is 8.16. The van der Waals surface area contributed by atoms with Crippen molar-refractivity contribution in [1.82, 2.24) is 9.88 Å². The molecule has 0 radical (unpaired) electrons. The Balaban J connectivity index is 1.40. The van der Waals surface area contributed by atoms with Crippen molar-refractivity contribution >= 4 is 34.0 Å². The summed E-state index contributed by atoms with van der Waals surface area (Å²) in [5.41, 5.74) is 4.34. The topological polar surface area (TPSA) is 65.5 Å². The maximum atomic E-state index is 12.8. The Morgan fingerprint density at radius 2 is 1.79 bits per heavy atom. The molecule has 1 aliphatic carbocycles. The lowest BCUT2D eigenvalue weighted by Gasteiger charge is -2.33. The van der Waals surface area contributed by atoms with E-state index in [0.717, 1.165) is 73.1 Å². The number of fused-ring (bicyclic) bond motifs is 1. The molecule has 1 N–H and O–H groups in total. The Kier molecular flexibility index (Phi) is 5.58. The van der Waals surface area contributed by atoms with E-state index < -0.39 is 0 Å². The highest BCUT2D eigenvalue weighted by Gasteiger charge is 2.29. The van der Waals surface area contributed by atoms with Crippen LogP contribution in [0, 0.1) is 19.8 Å². The van der Waals surface area contributed by atoms with Crippen LogP contribution in [0.3, 0.4) is 0 Å². The maximum absolute atomic E-state index is 12.8. The van der Waals surface area contributed by atoms with E-state index in [2.05, 4.69) is 16.3 Å². The van der Waals surface area contributed by atoms with E-state index in [1.54, 1.807) is 18.3 Å². The van der Waals surface area contributed by atoms with Crippen molar-refractivity contribution in [2.24, 2.45) is 5.92 Å². The van der Waals surface area contributed by atoms with E-state index in [0.29, 0.717) is 0 Å². The zero-order valence-corrected chi connectivity index (χ0v) is 18.1. The quantitative estimate of drug-likeness (QED) is 0.841. The lowest BCUT2D eigenvalue weighted by Crippen LogP contribution is -2.48. The summed E-state index contributed by atoms with van der Waals surface area (Å²) >= 11 is 1.72. The van der Waals surface area contributed by atoms with Crippen LogP contribution >= 0.6 is 11.3 Å². The minimum absolute atomic E-state index is 0.00817. The van der Waals surface area contributed by atoms with Gasteiger partial charge >= 0.3 is 0 Å². The van der Waals surface area contributed by atoms with Crippen LogP contribution in [0.5, 0.6) is 0 Å². The number of rotatable bonds is 3. The summed E-state index contributed by atoms with van der Waals surface area (Å²) in [6.45, 7) is 8.86. The van der Waals surface area contributed by atoms with Crippen LogP contribution in [0.25, 0.3) is 0 Å². The van der Waals surface area contributed by atoms with E-state index in [4.69, 9.17) is 4.98 Å². The lowest BCUT2D eigenvalue weighted by atomic mass is 9.90. The molecule has 0 spiro atoms. The van der Waals surface area contributed by atoms with Crippen LogP contribution in [0.15, 0.2) is 18.2 Å². The van der Waals surface area contributed by atoms with Crippen molar-refractivity contribution in [3.8, 4) is 0 Å². The number of thiazole rings is 1. The summed E-state index contributed by atoms with van der Waals surface area (Å²) in [7, 11) is 0. The molecule has 1 aromatic heterocycles. The molecule has 2 aromatic rings. The SMILES string of the molecule is CC(=O)N1CCN(c2nc3c(s2)CC(C(=O)Nc2cc(C)cc(C)c2)CC3)CC1. The minimum Gasteiger partial charge on any atom is -0.345 e. The van der Waals surface area contributed by atoms with Crippen molar-refractivity contribution in [1.29, 1.82) is 0 Å². The Bertz CT molecular complexity index is 911. The summed E-state index contributed by atoms with van der Waals surface area (Å²) in [5.74, 6) is 0.234. The van der Waals surface area contributed by atoms with Gasteiger partial charge in [-0.25, -0.2) is 4.98 Å². The van der Waals surface area contributed by atoms with Crippen LogP contribution in [0.2, 0.25) is 0 Å². The molecule has 2 aliphatic rings. The highest BCUT2D eigenvalue weighted by Crippen LogP contribution is 2.35. The van der Waals surface area contributed by atoms with Crippen LogP contribution in [0.1, 0.15) is 35.0 Å². The molecule has 1 aromatic carbocycles. The molecule has 1 fully saturated rings. The van der Waals surface area contributed by atoms with Gasteiger partial charge in [0.05, 0.1) is 5.69 Å². The molecule has 4 rings (SSSR count). The first-order valence-corrected chi connectivity index (χ1v) is 11.1. The molecule has 0 saturated carbocycles. The number of aryl methyl sites for hydroxylation is 3. The number of piperazine rings is 1. The summed E-state index contributed by atoms with van der Waals surface area (Å²) < 4.78 is 0. The predicted octanol–water partition coefficient (Wildman–Crippen LogP) is 3.17. The van der Waals surface area contributed by atoms with Gasteiger partial charge in [0.2, 0.25) is 11.8 Å². The fraction of sp³-hybridized carbons (Fsp3) is 0.500. The Labute approximate surface area is 175 Å². The van der Waals surface area contributed by atoms with E-state index in [-0.39, 0.29) is 17.7 Å². The number of nitrogens with zero attached hydrogens (tertiary/aromatic N) is 3. The first kappa shape index (κ1) is 19.9. The first-order valence-electron chi connectivity index (χ1n) is 10.3. The summed E-state index contributed by atoms with van der Waals surface area (Å²) in [6.07, 6.45) is 2.45. The minimum atomic E-state index is -0.00817. The van der Waals surface area contributed by atoms with Crippen LogP contribution < -0.4 is 10.2 Å². The fourth-order valence-electron chi connectivity index (χ4n) is 4.22. The van der Waals surface area contributed by atoms with Crippen molar-refractivity contribution in [3.63, 3.8) is 0 Å². The molecule has 1 aliphatic heterocycles. The predicted molar refractivity (Wildman–Crippen MR) is 117 cm³/mol. The third-order valence-corrected chi connectivity index (χ3v) is 6.96. The summed E-state index contributed by atoms with van der Waals surface area (Å²) in [4.78, 5) is 34.6. The Morgan fingerprint density at radius 3 is 2.45 bits per heavy atom. The number of hydrogen-bond donors (Lipinski definition) is 1. The number of carbonyl (C=O) groups is 2. The van der Waals surface area contributed by atoms with Gasteiger partial charge in [-0.3, -0.25) is 9.59 Å². The van der Waals surface area contributed by atoms with Gasteiger partial charge in [0, 0.05) is 49.6 Å². The molecular formula is C22H28N4O2S. The highest BCUT2D eigenvalue weighted by molar-refractivity contribution is 7.15. The van der Waals surface area contributed by atoms with Crippen molar-refractivity contribution in [2.75, 3.05) is 36.4 Å². The zero-order chi connectivity index (χ0) is 20.5.